The molecule has 0 radical (unpaired) electrons. The lowest BCUT2D eigenvalue weighted by atomic mass is 10.0. The zero-order valence-corrected chi connectivity index (χ0v) is 9.11. The second-order valence-corrected chi connectivity index (χ2v) is 3.79. The minimum absolute atomic E-state index is 0.0960. The van der Waals surface area contributed by atoms with Gasteiger partial charge in [0.1, 0.15) is 5.75 Å². The van der Waals surface area contributed by atoms with Gasteiger partial charge in [0.05, 0.1) is 5.56 Å². The van der Waals surface area contributed by atoms with Crippen LogP contribution in [0.5, 0.6) is 5.75 Å². The van der Waals surface area contributed by atoms with Gasteiger partial charge >= 0.3 is 0 Å². The molecule has 16 heavy (non-hydrogen) atoms. The van der Waals surface area contributed by atoms with Crippen molar-refractivity contribution in [2.45, 2.75) is 0 Å². The number of carbonyl (C=O) groups is 1. The molecule has 0 aliphatic rings. The smallest absolute Gasteiger partial charge is 0.196 e. The van der Waals surface area contributed by atoms with Gasteiger partial charge in [-0.25, -0.2) is 0 Å². The number of phenolic OH excluding ortho intramolecular Hbond substituents is 1. The fourth-order valence-corrected chi connectivity index (χ4v) is 1.61. The van der Waals surface area contributed by atoms with Crippen LogP contribution in [0, 0.1) is 0 Å². The van der Waals surface area contributed by atoms with Crippen LogP contribution in [-0.4, -0.2) is 10.9 Å². The fourth-order valence-electron chi connectivity index (χ4n) is 1.44. The van der Waals surface area contributed by atoms with Gasteiger partial charge in [0, 0.05) is 10.6 Å². The number of hydrogen-bond acceptors (Lipinski definition) is 2. The molecule has 80 valence electrons. The maximum atomic E-state index is 12.0. The summed E-state index contributed by atoms with van der Waals surface area (Å²) in [4.78, 5) is 12.0. The summed E-state index contributed by atoms with van der Waals surface area (Å²) >= 11 is 5.70. The van der Waals surface area contributed by atoms with Crippen molar-refractivity contribution in [1.82, 2.24) is 0 Å². The minimum atomic E-state index is -0.213. The fraction of sp³-hybridized carbons (Fsp3) is 0. The molecule has 0 aliphatic heterocycles. The molecule has 1 N–H and O–H groups in total. The minimum Gasteiger partial charge on any atom is -0.507 e. The van der Waals surface area contributed by atoms with Gasteiger partial charge in [-0.05, 0) is 18.2 Å². The Balaban J connectivity index is 2.42. The highest BCUT2D eigenvalue weighted by atomic mass is 35.5. The van der Waals surface area contributed by atoms with Crippen LogP contribution >= 0.6 is 11.6 Å². The number of halogens is 1. The molecule has 0 saturated heterocycles. The van der Waals surface area contributed by atoms with E-state index in [1.54, 1.807) is 30.3 Å². The van der Waals surface area contributed by atoms with Crippen LogP contribution in [0.2, 0.25) is 5.02 Å². The van der Waals surface area contributed by atoms with E-state index in [1.807, 2.05) is 6.07 Å². The Hall–Kier alpha value is -1.80. The molecule has 3 heteroatoms. The van der Waals surface area contributed by atoms with E-state index in [4.69, 9.17) is 11.6 Å². The van der Waals surface area contributed by atoms with Crippen molar-refractivity contribution in [3.8, 4) is 5.75 Å². The molecule has 0 spiro atoms. The first-order valence-electron chi connectivity index (χ1n) is 4.77. The van der Waals surface area contributed by atoms with E-state index in [0.29, 0.717) is 10.6 Å². The first kappa shape index (κ1) is 10.7. The molecule has 0 atom stereocenters. The molecule has 0 unspecified atom stereocenters. The molecule has 0 aliphatic carbocycles. The lowest BCUT2D eigenvalue weighted by molar-refractivity contribution is 0.103. The van der Waals surface area contributed by atoms with Crippen LogP contribution in [0.4, 0.5) is 0 Å². The van der Waals surface area contributed by atoms with E-state index in [2.05, 4.69) is 0 Å². The van der Waals surface area contributed by atoms with Gasteiger partial charge in [0.25, 0.3) is 0 Å². The summed E-state index contributed by atoms with van der Waals surface area (Å²) in [6.45, 7) is 0. The molecule has 0 amide bonds. The van der Waals surface area contributed by atoms with Crippen molar-refractivity contribution < 1.29 is 9.90 Å². The van der Waals surface area contributed by atoms with E-state index in [-0.39, 0.29) is 17.1 Å². The summed E-state index contributed by atoms with van der Waals surface area (Å²) in [5.74, 6) is -0.309. The van der Waals surface area contributed by atoms with Crippen LogP contribution in [0.25, 0.3) is 0 Å². The van der Waals surface area contributed by atoms with Crippen molar-refractivity contribution in [2.24, 2.45) is 0 Å². The maximum Gasteiger partial charge on any atom is 0.196 e. The summed E-state index contributed by atoms with van der Waals surface area (Å²) < 4.78 is 0. The monoisotopic (exact) mass is 232 g/mol. The van der Waals surface area contributed by atoms with E-state index in [1.165, 1.54) is 12.1 Å². The van der Waals surface area contributed by atoms with Gasteiger partial charge in [-0.1, -0.05) is 41.9 Å². The van der Waals surface area contributed by atoms with E-state index >= 15 is 0 Å². The number of phenols is 1. The number of ketones is 1. The Morgan fingerprint density at radius 3 is 2.38 bits per heavy atom. The molecule has 0 heterocycles. The van der Waals surface area contributed by atoms with E-state index in [0.717, 1.165) is 0 Å². The van der Waals surface area contributed by atoms with Crippen LogP contribution in [0.3, 0.4) is 0 Å². The number of benzene rings is 2. The van der Waals surface area contributed by atoms with Gasteiger partial charge in [-0.2, -0.15) is 0 Å². The molecule has 2 rings (SSSR count). The van der Waals surface area contributed by atoms with Gasteiger partial charge in [-0.15, -0.1) is 0 Å². The molecule has 0 saturated carbocycles. The van der Waals surface area contributed by atoms with Crippen LogP contribution in [0.15, 0.2) is 48.5 Å². The van der Waals surface area contributed by atoms with Crippen LogP contribution < -0.4 is 0 Å². The predicted molar refractivity (Wildman–Crippen MR) is 63.0 cm³/mol. The molecule has 2 nitrogen and oxygen atoms in total. The van der Waals surface area contributed by atoms with Crippen molar-refractivity contribution >= 4 is 17.4 Å². The van der Waals surface area contributed by atoms with Gasteiger partial charge in [0.15, 0.2) is 5.78 Å². The molecule has 2 aromatic rings. The molecule has 0 bridgehead atoms. The summed E-state index contributed by atoms with van der Waals surface area (Å²) in [6, 6.07) is 13.3. The highest BCUT2D eigenvalue weighted by Gasteiger charge is 2.12. The Morgan fingerprint density at radius 2 is 1.75 bits per heavy atom. The van der Waals surface area contributed by atoms with Gasteiger partial charge < -0.3 is 5.11 Å². The van der Waals surface area contributed by atoms with Gasteiger partial charge in [0.2, 0.25) is 0 Å². The lowest BCUT2D eigenvalue weighted by Gasteiger charge is -2.03. The standard InChI is InChI=1S/C13H9ClO2/c14-10-6-7-11(12(15)8-10)13(16)9-4-2-1-3-5-9/h1-8,15H. The Labute approximate surface area is 98.1 Å². The SMILES string of the molecule is O=C(c1ccccc1)c1ccc(Cl)cc1O. The molecular weight excluding hydrogens is 224 g/mol. The third-order valence-electron chi connectivity index (χ3n) is 2.24. The summed E-state index contributed by atoms with van der Waals surface area (Å²) in [5, 5.41) is 10.0. The zero-order chi connectivity index (χ0) is 11.5. The Bertz CT molecular complexity index is 521. The number of hydrogen-bond donors (Lipinski definition) is 1. The summed E-state index contributed by atoms with van der Waals surface area (Å²) in [7, 11) is 0. The first-order chi connectivity index (χ1) is 7.68. The molecule has 0 aromatic heterocycles. The predicted octanol–water partition coefficient (Wildman–Crippen LogP) is 3.28. The van der Waals surface area contributed by atoms with Crippen LogP contribution in [-0.2, 0) is 0 Å². The molecule has 2 aromatic carbocycles. The average molecular weight is 233 g/mol. The maximum absolute atomic E-state index is 12.0. The van der Waals surface area contributed by atoms with Gasteiger partial charge in [-0.3, -0.25) is 4.79 Å². The largest absolute Gasteiger partial charge is 0.507 e. The van der Waals surface area contributed by atoms with E-state index < -0.39 is 0 Å². The quantitative estimate of drug-likeness (QED) is 0.807. The van der Waals surface area contributed by atoms with Crippen molar-refractivity contribution in [3.05, 3.63) is 64.7 Å². The normalized spacial score (nSPS) is 10.1. The number of aromatic hydroxyl groups is 1. The van der Waals surface area contributed by atoms with E-state index in [9.17, 15) is 9.90 Å². The van der Waals surface area contributed by atoms with Crippen molar-refractivity contribution in [1.29, 1.82) is 0 Å². The third kappa shape index (κ3) is 2.07. The zero-order valence-electron chi connectivity index (χ0n) is 8.35. The summed E-state index contributed by atoms with van der Waals surface area (Å²) in [6.07, 6.45) is 0. The van der Waals surface area contributed by atoms with Crippen molar-refractivity contribution in [3.63, 3.8) is 0 Å². The van der Waals surface area contributed by atoms with Crippen molar-refractivity contribution in [2.75, 3.05) is 0 Å². The highest BCUT2D eigenvalue weighted by molar-refractivity contribution is 6.31. The Kier molecular flexibility index (Phi) is 2.93. The second kappa shape index (κ2) is 4.37. The summed E-state index contributed by atoms with van der Waals surface area (Å²) in [5.41, 5.74) is 0.802. The molecular formula is C13H9ClO2. The van der Waals surface area contributed by atoms with Crippen LogP contribution in [0.1, 0.15) is 15.9 Å². The lowest BCUT2D eigenvalue weighted by Crippen LogP contribution is -2.00. The first-order valence-corrected chi connectivity index (χ1v) is 5.14. The molecule has 0 fully saturated rings. The topological polar surface area (TPSA) is 37.3 Å². The average Bonchev–Trinajstić information content (AvgIpc) is 2.29. The third-order valence-corrected chi connectivity index (χ3v) is 2.48. The second-order valence-electron chi connectivity index (χ2n) is 3.36. The highest BCUT2D eigenvalue weighted by Crippen LogP contribution is 2.24. The Morgan fingerprint density at radius 1 is 1.06 bits per heavy atom. The number of rotatable bonds is 2. The number of carbonyl (C=O) groups excluding carboxylic acids is 1.